The third-order valence-corrected chi connectivity index (χ3v) is 2.75. The summed E-state index contributed by atoms with van der Waals surface area (Å²) in [5.74, 6) is 1.00. The van der Waals surface area contributed by atoms with Crippen molar-refractivity contribution >= 4 is 0 Å². The number of pyridine rings is 1. The van der Waals surface area contributed by atoms with Crippen LogP contribution < -0.4 is 5.73 Å². The predicted molar refractivity (Wildman–Crippen MR) is 63.9 cm³/mol. The van der Waals surface area contributed by atoms with Gasteiger partial charge < -0.3 is 10.3 Å². The topological polar surface area (TPSA) is 56.7 Å². The van der Waals surface area contributed by atoms with Crippen LogP contribution in [0.4, 0.5) is 0 Å². The molecule has 2 rings (SSSR count). The first kappa shape index (κ1) is 10.8. The van der Waals surface area contributed by atoms with Crippen molar-refractivity contribution in [2.45, 2.75) is 13.3 Å². The third-order valence-electron chi connectivity index (χ3n) is 2.75. The van der Waals surface area contributed by atoms with Gasteiger partial charge in [0.25, 0.3) is 0 Å². The van der Waals surface area contributed by atoms with Gasteiger partial charge in [-0.1, -0.05) is 0 Å². The molecule has 0 amide bonds. The van der Waals surface area contributed by atoms with Crippen LogP contribution in [0.25, 0.3) is 11.3 Å². The first-order valence-electron chi connectivity index (χ1n) is 5.36. The molecule has 0 aliphatic rings. The monoisotopic (exact) mass is 216 g/mol. The molecule has 0 aliphatic heterocycles. The summed E-state index contributed by atoms with van der Waals surface area (Å²) in [4.78, 5) is 8.69. The minimum atomic E-state index is 0.631. The van der Waals surface area contributed by atoms with E-state index in [0.29, 0.717) is 6.54 Å². The molecule has 0 bridgehead atoms. The lowest BCUT2D eigenvalue weighted by atomic mass is 10.1. The lowest BCUT2D eigenvalue weighted by Crippen LogP contribution is -2.08. The second-order valence-corrected chi connectivity index (χ2v) is 3.79. The van der Waals surface area contributed by atoms with Gasteiger partial charge in [-0.2, -0.15) is 0 Å². The van der Waals surface area contributed by atoms with Crippen molar-refractivity contribution in [2.24, 2.45) is 12.8 Å². The van der Waals surface area contributed by atoms with Crippen LogP contribution in [0, 0.1) is 6.92 Å². The molecule has 0 aliphatic carbocycles. The number of aryl methyl sites for hydroxylation is 1. The molecule has 2 heterocycles. The molecule has 16 heavy (non-hydrogen) atoms. The van der Waals surface area contributed by atoms with E-state index in [-0.39, 0.29) is 0 Å². The molecule has 4 nitrogen and oxygen atoms in total. The Labute approximate surface area is 95.1 Å². The van der Waals surface area contributed by atoms with Gasteiger partial charge >= 0.3 is 0 Å². The highest BCUT2D eigenvalue weighted by Gasteiger charge is 2.12. The Morgan fingerprint density at radius 2 is 2.25 bits per heavy atom. The molecule has 2 aromatic heterocycles. The molecule has 0 fully saturated rings. The van der Waals surface area contributed by atoms with Gasteiger partial charge in [0.2, 0.25) is 0 Å². The lowest BCUT2D eigenvalue weighted by Gasteiger charge is -2.04. The Balaban J connectivity index is 2.52. The van der Waals surface area contributed by atoms with Gasteiger partial charge in [0, 0.05) is 37.1 Å². The van der Waals surface area contributed by atoms with Crippen LogP contribution in [0.15, 0.2) is 24.5 Å². The zero-order valence-corrected chi connectivity index (χ0v) is 9.64. The molecule has 0 unspecified atom stereocenters. The minimum absolute atomic E-state index is 0.631. The summed E-state index contributed by atoms with van der Waals surface area (Å²) >= 11 is 0. The molecular weight excluding hydrogens is 200 g/mol. The van der Waals surface area contributed by atoms with Gasteiger partial charge in [0.1, 0.15) is 5.82 Å². The van der Waals surface area contributed by atoms with E-state index in [1.54, 1.807) is 6.20 Å². The summed E-state index contributed by atoms with van der Waals surface area (Å²) < 4.78 is 2.09. The van der Waals surface area contributed by atoms with Crippen LogP contribution in [-0.4, -0.2) is 21.1 Å². The second kappa shape index (κ2) is 4.45. The molecule has 84 valence electrons. The molecular formula is C12H16N4. The molecule has 2 N–H and O–H groups in total. The molecule has 0 spiro atoms. The lowest BCUT2D eigenvalue weighted by molar-refractivity contribution is 0.778. The Kier molecular flexibility index (Phi) is 3.01. The summed E-state index contributed by atoms with van der Waals surface area (Å²) in [5.41, 5.74) is 8.85. The fourth-order valence-corrected chi connectivity index (χ4v) is 1.81. The van der Waals surface area contributed by atoms with Crippen LogP contribution >= 0.6 is 0 Å². The molecule has 4 heteroatoms. The average Bonchev–Trinajstić information content (AvgIpc) is 2.59. The fourth-order valence-electron chi connectivity index (χ4n) is 1.81. The third kappa shape index (κ3) is 1.84. The van der Waals surface area contributed by atoms with Crippen molar-refractivity contribution in [1.29, 1.82) is 0 Å². The number of hydrogen-bond acceptors (Lipinski definition) is 3. The predicted octanol–water partition coefficient (Wildman–Crippen LogP) is 1.29. The zero-order chi connectivity index (χ0) is 11.5. The molecule has 0 aromatic carbocycles. The Morgan fingerprint density at radius 3 is 2.88 bits per heavy atom. The van der Waals surface area contributed by atoms with E-state index >= 15 is 0 Å². The highest BCUT2D eigenvalue weighted by molar-refractivity contribution is 5.61. The summed E-state index contributed by atoms with van der Waals surface area (Å²) in [6.07, 6.45) is 4.44. The first-order chi connectivity index (χ1) is 7.74. The SMILES string of the molecule is Cc1nc(-c2cccnc2)c(CCN)n1C. The van der Waals surface area contributed by atoms with Crippen molar-refractivity contribution in [2.75, 3.05) is 6.54 Å². The first-order valence-corrected chi connectivity index (χ1v) is 5.36. The summed E-state index contributed by atoms with van der Waals surface area (Å²) in [7, 11) is 2.02. The van der Waals surface area contributed by atoms with Crippen molar-refractivity contribution < 1.29 is 0 Å². The normalized spacial score (nSPS) is 10.7. The Morgan fingerprint density at radius 1 is 1.44 bits per heavy atom. The van der Waals surface area contributed by atoms with Crippen LogP contribution in [0.1, 0.15) is 11.5 Å². The van der Waals surface area contributed by atoms with E-state index in [0.717, 1.165) is 23.5 Å². The highest BCUT2D eigenvalue weighted by atomic mass is 15.1. The molecule has 0 saturated heterocycles. The molecule has 0 atom stereocenters. The van der Waals surface area contributed by atoms with Crippen molar-refractivity contribution in [1.82, 2.24) is 14.5 Å². The van der Waals surface area contributed by atoms with Crippen LogP contribution in [0.3, 0.4) is 0 Å². The van der Waals surface area contributed by atoms with E-state index in [9.17, 15) is 0 Å². The van der Waals surface area contributed by atoms with Gasteiger partial charge in [-0.3, -0.25) is 4.98 Å². The molecule has 0 radical (unpaired) electrons. The fraction of sp³-hybridized carbons (Fsp3) is 0.333. The number of aromatic nitrogens is 3. The van der Waals surface area contributed by atoms with E-state index in [2.05, 4.69) is 14.5 Å². The van der Waals surface area contributed by atoms with E-state index in [1.165, 1.54) is 5.69 Å². The van der Waals surface area contributed by atoms with Crippen molar-refractivity contribution in [3.8, 4) is 11.3 Å². The van der Waals surface area contributed by atoms with E-state index in [1.807, 2.05) is 32.3 Å². The van der Waals surface area contributed by atoms with E-state index in [4.69, 9.17) is 5.73 Å². The largest absolute Gasteiger partial charge is 0.335 e. The van der Waals surface area contributed by atoms with Gasteiger partial charge in [0.15, 0.2) is 0 Å². The van der Waals surface area contributed by atoms with Gasteiger partial charge in [-0.15, -0.1) is 0 Å². The number of nitrogens with two attached hydrogens (primary N) is 1. The number of nitrogens with zero attached hydrogens (tertiary/aromatic N) is 3. The Bertz CT molecular complexity index is 473. The average molecular weight is 216 g/mol. The zero-order valence-electron chi connectivity index (χ0n) is 9.64. The Hall–Kier alpha value is -1.68. The van der Waals surface area contributed by atoms with Gasteiger partial charge in [-0.05, 0) is 25.6 Å². The summed E-state index contributed by atoms with van der Waals surface area (Å²) in [6.45, 7) is 2.63. The highest BCUT2D eigenvalue weighted by Crippen LogP contribution is 2.22. The minimum Gasteiger partial charge on any atom is -0.335 e. The van der Waals surface area contributed by atoms with Crippen LogP contribution in [0.5, 0.6) is 0 Å². The standard InChI is InChI=1S/C12H16N4/c1-9-15-12(10-4-3-7-14-8-10)11(5-6-13)16(9)2/h3-4,7-8H,5-6,13H2,1-2H3. The quantitative estimate of drug-likeness (QED) is 0.841. The summed E-state index contributed by atoms with van der Waals surface area (Å²) in [5, 5.41) is 0. The van der Waals surface area contributed by atoms with Crippen LogP contribution in [0.2, 0.25) is 0 Å². The molecule has 2 aromatic rings. The number of rotatable bonds is 3. The maximum Gasteiger partial charge on any atom is 0.106 e. The number of hydrogen-bond donors (Lipinski definition) is 1. The smallest absolute Gasteiger partial charge is 0.106 e. The molecule has 0 saturated carbocycles. The van der Waals surface area contributed by atoms with Crippen molar-refractivity contribution in [3.63, 3.8) is 0 Å². The second-order valence-electron chi connectivity index (χ2n) is 3.79. The maximum atomic E-state index is 5.63. The van der Waals surface area contributed by atoms with Gasteiger partial charge in [0.05, 0.1) is 5.69 Å². The van der Waals surface area contributed by atoms with Crippen LogP contribution in [-0.2, 0) is 13.5 Å². The summed E-state index contributed by atoms with van der Waals surface area (Å²) in [6, 6.07) is 3.94. The van der Waals surface area contributed by atoms with Crippen molar-refractivity contribution in [3.05, 3.63) is 36.0 Å². The van der Waals surface area contributed by atoms with Gasteiger partial charge in [-0.25, -0.2) is 4.98 Å². The maximum absolute atomic E-state index is 5.63. The number of imidazole rings is 1. The van der Waals surface area contributed by atoms with E-state index < -0.39 is 0 Å².